The van der Waals surface area contributed by atoms with E-state index >= 15 is 0 Å². The van der Waals surface area contributed by atoms with Gasteiger partial charge in [0, 0.05) is 11.8 Å². The molecule has 0 spiro atoms. The van der Waals surface area contributed by atoms with E-state index in [-0.39, 0.29) is 18.0 Å². The molecule has 0 saturated heterocycles. The van der Waals surface area contributed by atoms with Gasteiger partial charge in [-0.3, -0.25) is 4.79 Å². The molecular weight excluding hydrogens is 226 g/mol. The first-order valence-electron chi connectivity index (χ1n) is 5.09. The maximum Gasteiger partial charge on any atom is 0.255 e. The Morgan fingerprint density at radius 1 is 1.69 bits per heavy atom. The Labute approximate surface area is 99.2 Å². The van der Waals surface area contributed by atoms with Gasteiger partial charge in [-0.1, -0.05) is 25.6 Å². The van der Waals surface area contributed by atoms with Crippen LogP contribution in [0.5, 0.6) is 0 Å². The van der Waals surface area contributed by atoms with Gasteiger partial charge in [-0.25, -0.2) is 4.98 Å². The Bertz CT molecular complexity index is 352. The molecule has 1 atom stereocenters. The van der Waals surface area contributed by atoms with Crippen LogP contribution in [0.15, 0.2) is 15.9 Å². The summed E-state index contributed by atoms with van der Waals surface area (Å²) in [6.07, 6.45) is 1.58. The number of rotatable bonds is 6. The standard InChI is InChI=1S/C10H17N3O2S/c1-6(2)12-8(9(11)14)5-16-10-13-7(3)4-15-10/h4,6,8,12H,5H2,1-3H3,(H2,11,14). The molecule has 3 N–H and O–H groups in total. The van der Waals surface area contributed by atoms with Gasteiger partial charge in [0.2, 0.25) is 5.91 Å². The second-order valence-electron chi connectivity index (χ2n) is 3.84. The van der Waals surface area contributed by atoms with Crippen molar-refractivity contribution in [3.63, 3.8) is 0 Å². The first-order chi connectivity index (χ1) is 7.49. The van der Waals surface area contributed by atoms with Crippen molar-refractivity contribution in [1.82, 2.24) is 10.3 Å². The number of thioether (sulfide) groups is 1. The minimum atomic E-state index is -0.364. The van der Waals surface area contributed by atoms with E-state index < -0.39 is 0 Å². The van der Waals surface area contributed by atoms with Crippen LogP contribution in [-0.4, -0.2) is 28.7 Å². The van der Waals surface area contributed by atoms with Crippen molar-refractivity contribution in [3.8, 4) is 0 Å². The van der Waals surface area contributed by atoms with Gasteiger partial charge in [0.15, 0.2) is 0 Å². The fraction of sp³-hybridized carbons (Fsp3) is 0.600. The van der Waals surface area contributed by atoms with E-state index in [2.05, 4.69) is 10.3 Å². The number of hydrogen-bond acceptors (Lipinski definition) is 5. The van der Waals surface area contributed by atoms with Crippen molar-refractivity contribution in [2.24, 2.45) is 5.73 Å². The number of carbonyl (C=O) groups is 1. The summed E-state index contributed by atoms with van der Waals surface area (Å²) in [7, 11) is 0. The fourth-order valence-corrected chi connectivity index (χ4v) is 2.06. The lowest BCUT2D eigenvalue weighted by Gasteiger charge is -2.16. The highest BCUT2D eigenvalue weighted by atomic mass is 32.2. The molecule has 1 heterocycles. The Morgan fingerprint density at radius 3 is 2.81 bits per heavy atom. The minimum Gasteiger partial charge on any atom is -0.440 e. The van der Waals surface area contributed by atoms with Crippen molar-refractivity contribution in [1.29, 1.82) is 0 Å². The van der Waals surface area contributed by atoms with Crippen molar-refractivity contribution < 1.29 is 9.21 Å². The van der Waals surface area contributed by atoms with E-state index in [1.807, 2.05) is 20.8 Å². The molecule has 1 aromatic rings. The molecule has 6 heteroatoms. The number of primary amides is 1. The number of aromatic nitrogens is 1. The quantitative estimate of drug-likeness (QED) is 0.726. The van der Waals surface area contributed by atoms with Crippen LogP contribution in [0.3, 0.4) is 0 Å². The molecule has 0 aliphatic carbocycles. The Hall–Kier alpha value is -1.01. The van der Waals surface area contributed by atoms with Crippen LogP contribution in [0.4, 0.5) is 0 Å². The molecule has 0 saturated carbocycles. The maximum absolute atomic E-state index is 11.2. The number of oxazole rings is 1. The highest BCUT2D eigenvalue weighted by Gasteiger charge is 2.17. The van der Waals surface area contributed by atoms with Gasteiger partial charge >= 0.3 is 0 Å². The molecule has 5 nitrogen and oxygen atoms in total. The zero-order chi connectivity index (χ0) is 12.1. The van der Waals surface area contributed by atoms with Gasteiger partial charge in [-0.15, -0.1) is 0 Å². The SMILES string of the molecule is Cc1coc(SCC(NC(C)C)C(N)=O)n1. The predicted molar refractivity (Wildman–Crippen MR) is 63.2 cm³/mol. The molecule has 0 aromatic carbocycles. The van der Waals surface area contributed by atoms with Crippen molar-refractivity contribution in [2.45, 2.75) is 38.1 Å². The average Bonchev–Trinajstić information content (AvgIpc) is 2.58. The summed E-state index contributed by atoms with van der Waals surface area (Å²) in [6, 6.07) is -0.151. The highest BCUT2D eigenvalue weighted by molar-refractivity contribution is 7.99. The molecule has 0 aliphatic rings. The van der Waals surface area contributed by atoms with Crippen LogP contribution in [-0.2, 0) is 4.79 Å². The lowest BCUT2D eigenvalue weighted by molar-refractivity contribution is -0.119. The number of carbonyl (C=O) groups excluding carboxylic acids is 1. The first-order valence-corrected chi connectivity index (χ1v) is 6.08. The molecule has 0 radical (unpaired) electrons. The van der Waals surface area contributed by atoms with E-state index in [0.29, 0.717) is 11.0 Å². The van der Waals surface area contributed by atoms with Crippen LogP contribution in [0.1, 0.15) is 19.5 Å². The van der Waals surface area contributed by atoms with Gasteiger partial charge in [-0.05, 0) is 6.92 Å². The minimum absolute atomic E-state index is 0.212. The van der Waals surface area contributed by atoms with Gasteiger partial charge in [0.1, 0.15) is 6.26 Å². The lowest BCUT2D eigenvalue weighted by Crippen LogP contribution is -2.46. The monoisotopic (exact) mass is 243 g/mol. The molecule has 1 aromatic heterocycles. The van der Waals surface area contributed by atoms with E-state index in [9.17, 15) is 4.79 Å². The largest absolute Gasteiger partial charge is 0.440 e. The maximum atomic E-state index is 11.2. The number of nitrogens with one attached hydrogen (secondary N) is 1. The van der Waals surface area contributed by atoms with Crippen LogP contribution < -0.4 is 11.1 Å². The summed E-state index contributed by atoms with van der Waals surface area (Å²) in [5.41, 5.74) is 6.12. The van der Waals surface area contributed by atoms with Crippen LogP contribution >= 0.6 is 11.8 Å². The van der Waals surface area contributed by atoms with Crippen molar-refractivity contribution >= 4 is 17.7 Å². The number of aryl methyl sites for hydroxylation is 1. The second-order valence-corrected chi connectivity index (χ2v) is 4.81. The Balaban J connectivity index is 2.46. The fourth-order valence-electron chi connectivity index (χ4n) is 1.17. The Kier molecular flexibility index (Phi) is 4.82. The molecule has 0 bridgehead atoms. The van der Waals surface area contributed by atoms with E-state index in [0.717, 1.165) is 5.69 Å². The van der Waals surface area contributed by atoms with Crippen molar-refractivity contribution in [2.75, 3.05) is 5.75 Å². The Morgan fingerprint density at radius 2 is 2.38 bits per heavy atom. The molecular formula is C10H17N3O2S. The molecule has 0 fully saturated rings. The summed E-state index contributed by atoms with van der Waals surface area (Å²) in [4.78, 5) is 15.3. The second kappa shape index (κ2) is 5.91. The lowest BCUT2D eigenvalue weighted by atomic mass is 10.3. The molecule has 1 amide bonds. The van der Waals surface area contributed by atoms with Gasteiger partial charge in [0.05, 0.1) is 11.7 Å². The summed E-state index contributed by atoms with van der Waals surface area (Å²) in [5, 5.41) is 3.66. The smallest absolute Gasteiger partial charge is 0.255 e. The zero-order valence-corrected chi connectivity index (χ0v) is 10.5. The van der Waals surface area contributed by atoms with Gasteiger partial charge in [0.25, 0.3) is 5.22 Å². The number of amides is 1. The molecule has 16 heavy (non-hydrogen) atoms. The predicted octanol–water partition coefficient (Wildman–Crippen LogP) is 0.927. The average molecular weight is 243 g/mol. The number of nitrogens with two attached hydrogens (primary N) is 1. The van der Waals surface area contributed by atoms with Gasteiger partial charge < -0.3 is 15.5 Å². The summed E-state index contributed by atoms with van der Waals surface area (Å²) in [5.74, 6) is 0.164. The third-order valence-electron chi connectivity index (χ3n) is 1.85. The van der Waals surface area contributed by atoms with Gasteiger partial charge in [-0.2, -0.15) is 0 Å². The third kappa shape index (κ3) is 4.24. The topological polar surface area (TPSA) is 81.1 Å². The summed E-state index contributed by atoms with van der Waals surface area (Å²) >= 11 is 1.38. The number of hydrogen-bond donors (Lipinski definition) is 2. The highest BCUT2D eigenvalue weighted by Crippen LogP contribution is 2.17. The van der Waals surface area contributed by atoms with E-state index in [1.54, 1.807) is 6.26 Å². The van der Waals surface area contributed by atoms with E-state index in [4.69, 9.17) is 10.2 Å². The van der Waals surface area contributed by atoms with E-state index in [1.165, 1.54) is 11.8 Å². The summed E-state index contributed by atoms with van der Waals surface area (Å²) < 4.78 is 5.17. The summed E-state index contributed by atoms with van der Waals surface area (Å²) in [6.45, 7) is 5.79. The molecule has 1 unspecified atom stereocenters. The third-order valence-corrected chi connectivity index (χ3v) is 2.78. The van der Waals surface area contributed by atoms with Crippen LogP contribution in [0.2, 0.25) is 0 Å². The zero-order valence-electron chi connectivity index (χ0n) is 9.69. The van der Waals surface area contributed by atoms with Crippen LogP contribution in [0.25, 0.3) is 0 Å². The number of nitrogens with zero attached hydrogens (tertiary/aromatic N) is 1. The normalized spacial score (nSPS) is 13.0. The van der Waals surface area contributed by atoms with Crippen LogP contribution in [0, 0.1) is 6.92 Å². The van der Waals surface area contributed by atoms with Crippen molar-refractivity contribution in [3.05, 3.63) is 12.0 Å². The molecule has 1 rings (SSSR count). The first kappa shape index (κ1) is 13.1. The molecule has 0 aliphatic heterocycles. The molecule has 90 valence electrons.